The Kier molecular flexibility index (Phi) is 4.00. The Morgan fingerprint density at radius 2 is 1.93 bits per heavy atom. The fraction of sp³-hybridized carbons (Fsp3) is 1.00. The highest BCUT2D eigenvalue weighted by Gasteiger charge is 2.83. The maximum absolute atomic E-state index is 12.3. The summed E-state index contributed by atoms with van der Waals surface area (Å²) in [5, 5.41) is 34.3. The highest BCUT2D eigenvalue weighted by Crippen LogP contribution is 2.79. The third-order valence-corrected chi connectivity index (χ3v) is 11.0. The molecule has 0 aromatic rings. The van der Waals surface area contributed by atoms with Gasteiger partial charge in [-0.2, -0.15) is 0 Å². The fourth-order valence-electron chi connectivity index (χ4n) is 10.4. The van der Waals surface area contributed by atoms with Gasteiger partial charge in [0, 0.05) is 61.8 Å². The monoisotopic (exact) mass is 407 g/mol. The minimum Gasteiger partial charge on any atom is -0.396 e. The first-order chi connectivity index (χ1) is 13.9. The van der Waals surface area contributed by atoms with Crippen LogP contribution in [-0.2, 0) is 9.47 Å². The predicted molar refractivity (Wildman–Crippen MR) is 106 cm³/mol. The van der Waals surface area contributed by atoms with Gasteiger partial charge in [0.1, 0.15) is 0 Å². The SMILES string of the molecule is CCN1C[C@@]2(CO)CC[C@@H](OC)[C@@]34C1[C@@H](C[C@@H]23)[C@]1(O)C[C@H](OC)[C@@H]2C[C@H]4[C@H]1[C@@H]2O. The van der Waals surface area contributed by atoms with E-state index in [1.807, 2.05) is 7.11 Å². The van der Waals surface area contributed by atoms with Gasteiger partial charge in [0.15, 0.2) is 0 Å². The molecule has 6 aliphatic rings. The number of ether oxygens (including phenoxy) is 2. The molecule has 1 saturated heterocycles. The number of methoxy groups -OCH3 is 2. The number of hydrogen-bond acceptors (Lipinski definition) is 6. The van der Waals surface area contributed by atoms with Gasteiger partial charge in [-0.05, 0) is 44.1 Å². The summed E-state index contributed by atoms with van der Waals surface area (Å²) < 4.78 is 12.1. The lowest BCUT2D eigenvalue weighted by molar-refractivity contribution is -0.275. The van der Waals surface area contributed by atoms with Crippen LogP contribution < -0.4 is 0 Å². The maximum Gasteiger partial charge on any atom is 0.0771 e. The molecule has 1 spiro atoms. The third kappa shape index (κ3) is 1.89. The van der Waals surface area contributed by atoms with Crippen molar-refractivity contribution in [2.75, 3.05) is 33.9 Å². The van der Waals surface area contributed by atoms with Crippen LogP contribution in [0.1, 0.15) is 39.0 Å². The lowest BCUT2D eigenvalue weighted by Crippen LogP contribution is -2.76. The molecule has 6 nitrogen and oxygen atoms in total. The summed E-state index contributed by atoms with van der Waals surface area (Å²) in [5.74, 6) is 0.719. The third-order valence-electron chi connectivity index (χ3n) is 11.0. The second kappa shape index (κ2) is 5.96. The van der Waals surface area contributed by atoms with Gasteiger partial charge in [0.25, 0.3) is 0 Å². The molecule has 7 bridgehead atoms. The molecule has 6 fully saturated rings. The van der Waals surface area contributed by atoms with Crippen molar-refractivity contribution in [2.24, 2.45) is 40.4 Å². The van der Waals surface area contributed by atoms with Crippen LogP contribution >= 0.6 is 0 Å². The molecule has 6 rings (SSSR count). The molecular formula is C23H37NO5. The predicted octanol–water partition coefficient (Wildman–Crippen LogP) is 0.877. The number of aliphatic hydroxyl groups is 3. The summed E-state index contributed by atoms with van der Waals surface area (Å²) >= 11 is 0. The molecule has 164 valence electrons. The van der Waals surface area contributed by atoms with Crippen LogP contribution in [0.5, 0.6) is 0 Å². The summed E-state index contributed by atoms with van der Waals surface area (Å²) in [6.07, 6.45) is 4.02. The van der Waals surface area contributed by atoms with Crippen LogP contribution in [-0.4, -0.2) is 84.1 Å². The van der Waals surface area contributed by atoms with Crippen molar-refractivity contribution in [3.63, 3.8) is 0 Å². The van der Waals surface area contributed by atoms with Crippen LogP contribution in [0.4, 0.5) is 0 Å². The van der Waals surface area contributed by atoms with Crippen molar-refractivity contribution < 1.29 is 24.8 Å². The van der Waals surface area contributed by atoms with E-state index in [1.165, 1.54) is 0 Å². The summed E-state index contributed by atoms with van der Waals surface area (Å²) in [6, 6.07) is 0.273. The average Bonchev–Trinajstić information content (AvgIpc) is 3.14. The van der Waals surface area contributed by atoms with Crippen LogP contribution in [0.25, 0.3) is 0 Å². The minimum absolute atomic E-state index is 0.0749. The van der Waals surface area contributed by atoms with Gasteiger partial charge in [0.2, 0.25) is 0 Å². The van der Waals surface area contributed by atoms with Gasteiger partial charge in [0.05, 0.1) is 30.5 Å². The average molecular weight is 408 g/mol. The van der Waals surface area contributed by atoms with Crippen LogP contribution in [0.2, 0.25) is 0 Å². The van der Waals surface area contributed by atoms with Gasteiger partial charge in [-0.25, -0.2) is 0 Å². The minimum atomic E-state index is -0.887. The van der Waals surface area contributed by atoms with Crippen molar-refractivity contribution in [1.82, 2.24) is 4.90 Å². The van der Waals surface area contributed by atoms with E-state index in [2.05, 4.69) is 11.8 Å². The molecule has 1 unspecified atom stereocenters. The molecule has 6 heteroatoms. The molecule has 0 aromatic heterocycles. The zero-order valence-electron chi connectivity index (χ0n) is 18.0. The number of likely N-dealkylation sites (tertiary alicyclic amines) is 1. The van der Waals surface area contributed by atoms with Gasteiger partial charge in [-0.15, -0.1) is 0 Å². The van der Waals surface area contributed by atoms with Crippen molar-refractivity contribution >= 4 is 0 Å². The highest BCUT2D eigenvalue weighted by molar-refractivity contribution is 5.33. The molecule has 0 amide bonds. The zero-order valence-corrected chi connectivity index (χ0v) is 18.0. The van der Waals surface area contributed by atoms with Crippen LogP contribution in [0.3, 0.4) is 0 Å². The quantitative estimate of drug-likeness (QED) is 0.642. The molecule has 29 heavy (non-hydrogen) atoms. The molecule has 1 heterocycles. The van der Waals surface area contributed by atoms with Crippen molar-refractivity contribution in [1.29, 1.82) is 0 Å². The second-order valence-corrected chi connectivity index (χ2v) is 11.2. The van der Waals surface area contributed by atoms with E-state index in [-0.39, 0.29) is 59.4 Å². The molecule has 5 saturated carbocycles. The summed E-state index contributed by atoms with van der Waals surface area (Å²) in [6.45, 7) is 4.29. The van der Waals surface area contributed by atoms with E-state index in [0.29, 0.717) is 12.3 Å². The van der Waals surface area contributed by atoms with E-state index in [1.54, 1.807) is 7.11 Å². The van der Waals surface area contributed by atoms with Crippen LogP contribution in [0.15, 0.2) is 0 Å². The lowest BCUT2D eigenvalue weighted by atomic mass is 9.43. The maximum atomic E-state index is 12.3. The summed E-state index contributed by atoms with van der Waals surface area (Å²) in [5.41, 5.74) is -1.07. The zero-order chi connectivity index (χ0) is 20.3. The normalized spacial score (nSPS) is 62.5. The first kappa shape index (κ1) is 19.4. The summed E-state index contributed by atoms with van der Waals surface area (Å²) in [4.78, 5) is 2.57. The number of hydrogen-bond donors (Lipinski definition) is 3. The molecule has 0 radical (unpaired) electrons. The molecule has 12 atom stereocenters. The fourth-order valence-corrected chi connectivity index (χ4v) is 10.4. The topological polar surface area (TPSA) is 82.4 Å². The Balaban J connectivity index is 1.60. The molecule has 1 aliphatic heterocycles. The molecule has 0 aromatic carbocycles. The van der Waals surface area contributed by atoms with E-state index in [4.69, 9.17) is 9.47 Å². The number of fused-ring (bicyclic) bond motifs is 2. The Labute approximate surface area is 173 Å². The van der Waals surface area contributed by atoms with Crippen molar-refractivity contribution in [3.8, 4) is 0 Å². The highest BCUT2D eigenvalue weighted by atomic mass is 16.5. The number of aliphatic hydroxyl groups excluding tert-OH is 2. The standard InChI is InChI=1S/C23H37NO5/c1-4-24-10-21(11-25)6-5-17(29-3)23-13-7-12-15(28-2)9-22(27,18(13)19(12)26)14(20(23)24)8-16(21)23/h12-20,25-27H,4-11H2,1-3H3/t12-,13-,14+,15-,16-,17+,18-,19+,20?,21+,22+,23-/m0/s1. The van der Waals surface area contributed by atoms with Gasteiger partial charge < -0.3 is 24.8 Å². The van der Waals surface area contributed by atoms with E-state index < -0.39 is 11.7 Å². The van der Waals surface area contributed by atoms with Crippen molar-refractivity contribution in [3.05, 3.63) is 0 Å². The van der Waals surface area contributed by atoms with E-state index in [0.717, 1.165) is 38.8 Å². The van der Waals surface area contributed by atoms with Gasteiger partial charge in [-0.1, -0.05) is 6.92 Å². The smallest absolute Gasteiger partial charge is 0.0771 e. The van der Waals surface area contributed by atoms with Gasteiger partial charge >= 0.3 is 0 Å². The number of piperidine rings is 1. The lowest BCUT2D eigenvalue weighted by Gasteiger charge is -2.69. The van der Waals surface area contributed by atoms with Crippen LogP contribution in [0, 0.1) is 40.4 Å². The molecule has 3 N–H and O–H groups in total. The number of rotatable bonds is 4. The number of nitrogens with zero attached hydrogens (tertiary/aromatic N) is 1. The Hall–Kier alpha value is -0.240. The van der Waals surface area contributed by atoms with E-state index in [9.17, 15) is 15.3 Å². The van der Waals surface area contributed by atoms with E-state index >= 15 is 0 Å². The summed E-state index contributed by atoms with van der Waals surface area (Å²) in [7, 11) is 3.58. The van der Waals surface area contributed by atoms with Gasteiger partial charge in [-0.3, -0.25) is 4.90 Å². The molecular weight excluding hydrogens is 370 g/mol. The largest absolute Gasteiger partial charge is 0.396 e. The Morgan fingerprint density at radius 3 is 2.59 bits per heavy atom. The first-order valence-electron chi connectivity index (χ1n) is 11.7. The second-order valence-electron chi connectivity index (χ2n) is 11.2. The Bertz CT molecular complexity index is 705. The van der Waals surface area contributed by atoms with Crippen molar-refractivity contribution in [2.45, 2.75) is 69.0 Å². The first-order valence-corrected chi connectivity index (χ1v) is 11.7. The molecule has 5 aliphatic carbocycles. The Morgan fingerprint density at radius 1 is 1.14 bits per heavy atom.